The van der Waals surface area contributed by atoms with Gasteiger partial charge in [0.15, 0.2) is 5.96 Å². The fraction of sp³-hybridized carbons (Fsp3) is 0.696. The Morgan fingerprint density at radius 2 is 1.90 bits per heavy atom. The predicted molar refractivity (Wildman–Crippen MR) is 131 cm³/mol. The third-order valence-corrected chi connectivity index (χ3v) is 6.08. The van der Waals surface area contributed by atoms with Crippen LogP contribution in [0.25, 0.3) is 0 Å². The predicted octanol–water partition coefficient (Wildman–Crippen LogP) is 2.96. The highest BCUT2D eigenvalue weighted by molar-refractivity contribution is 14.0. The number of guanidine groups is 1. The maximum Gasteiger partial charge on any atom is 0.194 e. The molecule has 0 aliphatic carbocycles. The molecule has 3 aliphatic rings. The highest BCUT2D eigenvalue weighted by atomic mass is 127. The summed E-state index contributed by atoms with van der Waals surface area (Å²) < 4.78 is 23.3. The zero-order valence-electron chi connectivity index (χ0n) is 18.5. The van der Waals surface area contributed by atoms with Crippen LogP contribution in [0, 0.1) is 0 Å². The molecule has 3 aliphatic heterocycles. The van der Waals surface area contributed by atoms with Crippen molar-refractivity contribution in [2.75, 3.05) is 46.6 Å². The van der Waals surface area contributed by atoms with Gasteiger partial charge in [-0.25, -0.2) is 0 Å². The number of halogens is 1. The highest BCUT2D eigenvalue weighted by Crippen LogP contribution is 2.21. The third-order valence-electron chi connectivity index (χ3n) is 6.08. The second-order valence-corrected chi connectivity index (χ2v) is 8.25. The van der Waals surface area contributed by atoms with Gasteiger partial charge in [-0.2, -0.15) is 0 Å². The Labute approximate surface area is 202 Å². The first kappa shape index (κ1) is 24.7. The summed E-state index contributed by atoms with van der Waals surface area (Å²) in [6, 6.07) is 8.59. The monoisotopic (exact) mass is 545 g/mol. The molecule has 3 fully saturated rings. The van der Waals surface area contributed by atoms with Crippen LogP contribution in [0.15, 0.2) is 29.3 Å². The van der Waals surface area contributed by atoms with Gasteiger partial charge in [0.25, 0.3) is 0 Å². The van der Waals surface area contributed by atoms with Gasteiger partial charge in [0.2, 0.25) is 0 Å². The van der Waals surface area contributed by atoms with Crippen LogP contribution in [0.4, 0.5) is 0 Å². The molecule has 1 aromatic carbocycles. The fourth-order valence-electron chi connectivity index (χ4n) is 4.39. The van der Waals surface area contributed by atoms with Crippen molar-refractivity contribution in [2.45, 2.75) is 57.1 Å². The van der Waals surface area contributed by atoms with E-state index >= 15 is 0 Å². The first-order chi connectivity index (χ1) is 14.8. The van der Waals surface area contributed by atoms with E-state index in [1.807, 2.05) is 7.05 Å². The standard InChI is InChI=1S/C23H35N3O4.HI/c1-24-23(26-9-13-29-22(16-26)21-6-3-10-28-21)25-15-18-4-2-5-19(14-18)17-30-20-7-11-27-12-8-20;/h2,4-5,14,20-22H,3,6-13,15-17H2,1H3,(H,24,25);1H. The van der Waals surface area contributed by atoms with E-state index in [0.717, 1.165) is 71.1 Å². The van der Waals surface area contributed by atoms with Gasteiger partial charge in [0, 0.05) is 46.5 Å². The Kier molecular flexibility index (Phi) is 10.3. The van der Waals surface area contributed by atoms with E-state index in [9.17, 15) is 0 Å². The molecule has 7 nitrogen and oxygen atoms in total. The van der Waals surface area contributed by atoms with Gasteiger partial charge in [-0.15, -0.1) is 24.0 Å². The van der Waals surface area contributed by atoms with E-state index in [1.54, 1.807) is 0 Å². The lowest BCUT2D eigenvalue weighted by Gasteiger charge is -2.37. The van der Waals surface area contributed by atoms with Crippen LogP contribution in [0.1, 0.15) is 36.8 Å². The minimum Gasteiger partial charge on any atom is -0.381 e. The van der Waals surface area contributed by atoms with Crippen molar-refractivity contribution >= 4 is 29.9 Å². The van der Waals surface area contributed by atoms with Gasteiger partial charge < -0.3 is 29.2 Å². The normalized spacial score (nSPS) is 25.3. The molecule has 31 heavy (non-hydrogen) atoms. The lowest BCUT2D eigenvalue weighted by Crippen LogP contribution is -2.53. The maximum atomic E-state index is 6.07. The van der Waals surface area contributed by atoms with Crippen molar-refractivity contribution in [3.63, 3.8) is 0 Å². The average Bonchev–Trinajstić information content (AvgIpc) is 3.35. The fourth-order valence-corrected chi connectivity index (χ4v) is 4.39. The lowest BCUT2D eigenvalue weighted by molar-refractivity contribution is -0.0817. The van der Waals surface area contributed by atoms with Gasteiger partial charge in [-0.1, -0.05) is 24.3 Å². The Bertz CT molecular complexity index is 693. The number of ether oxygens (including phenoxy) is 4. The molecule has 4 rings (SSSR count). The van der Waals surface area contributed by atoms with Crippen LogP contribution in [0.5, 0.6) is 0 Å². The van der Waals surface area contributed by atoms with Crippen LogP contribution in [0.2, 0.25) is 0 Å². The molecule has 2 atom stereocenters. The van der Waals surface area contributed by atoms with Gasteiger partial charge in [-0.3, -0.25) is 4.99 Å². The van der Waals surface area contributed by atoms with Gasteiger partial charge in [0.05, 0.1) is 25.4 Å². The quantitative estimate of drug-likeness (QED) is 0.337. The third kappa shape index (κ3) is 7.28. The number of rotatable bonds is 6. The summed E-state index contributed by atoms with van der Waals surface area (Å²) in [5.74, 6) is 0.921. The topological polar surface area (TPSA) is 64.6 Å². The largest absolute Gasteiger partial charge is 0.381 e. The van der Waals surface area contributed by atoms with Crippen LogP contribution in [-0.2, 0) is 32.1 Å². The summed E-state index contributed by atoms with van der Waals surface area (Å²) >= 11 is 0. The molecule has 0 bridgehead atoms. The SMILES string of the molecule is CN=C(NCc1cccc(COC2CCOCC2)c1)N1CCOC(C2CCCO2)C1.I. The Morgan fingerprint density at radius 3 is 2.68 bits per heavy atom. The van der Waals surface area contributed by atoms with Crippen LogP contribution in [-0.4, -0.2) is 75.7 Å². The molecule has 3 saturated heterocycles. The Hall–Kier alpha value is -0.940. The number of hydrogen-bond donors (Lipinski definition) is 1. The lowest BCUT2D eigenvalue weighted by atomic mass is 10.1. The summed E-state index contributed by atoms with van der Waals surface area (Å²) in [5.41, 5.74) is 2.44. The summed E-state index contributed by atoms with van der Waals surface area (Å²) in [4.78, 5) is 6.79. The van der Waals surface area contributed by atoms with Crippen LogP contribution in [0.3, 0.4) is 0 Å². The summed E-state index contributed by atoms with van der Waals surface area (Å²) in [6.07, 6.45) is 4.87. The molecule has 0 saturated carbocycles. The summed E-state index contributed by atoms with van der Waals surface area (Å²) in [6.45, 7) is 6.24. The van der Waals surface area contributed by atoms with Crippen LogP contribution >= 0.6 is 24.0 Å². The first-order valence-electron chi connectivity index (χ1n) is 11.3. The minimum atomic E-state index is 0. The van der Waals surface area contributed by atoms with Crippen molar-refractivity contribution in [3.05, 3.63) is 35.4 Å². The van der Waals surface area contributed by atoms with Crippen molar-refractivity contribution in [1.82, 2.24) is 10.2 Å². The molecule has 174 valence electrons. The van der Waals surface area contributed by atoms with E-state index in [0.29, 0.717) is 19.3 Å². The van der Waals surface area contributed by atoms with E-state index in [1.165, 1.54) is 11.1 Å². The molecule has 0 aromatic heterocycles. The zero-order chi connectivity index (χ0) is 20.6. The molecule has 8 heteroatoms. The number of benzene rings is 1. The second kappa shape index (κ2) is 12.9. The molecule has 3 heterocycles. The number of nitrogens with zero attached hydrogens (tertiary/aromatic N) is 2. The minimum absolute atomic E-state index is 0. The van der Waals surface area contributed by atoms with E-state index in [4.69, 9.17) is 18.9 Å². The summed E-state index contributed by atoms with van der Waals surface area (Å²) in [7, 11) is 1.84. The Balaban J connectivity index is 0.00000272. The maximum absolute atomic E-state index is 6.07. The molecule has 0 spiro atoms. The molecular weight excluding hydrogens is 509 g/mol. The van der Waals surface area contributed by atoms with Gasteiger partial charge >= 0.3 is 0 Å². The van der Waals surface area contributed by atoms with Crippen molar-refractivity contribution in [1.29, 1.82) is 0 Å². The van der Waals surface area contributed by atoms with Crippen molar-refractivity contribution < 1.29 is 18.9 Å². The first-order valence-corrected chi connectivity index (χ1v) is 11.3. The van der Waals surface area contributed by atoms with Crippen molar-refractivity contribution in [2.24, 2.45) is 4.99 Å². The highest BCUT2D eigenvalue weighted by Gasteiger charge is 2.32. The number of morpholine rings is 1. The molecule has 2 unspecified atom stereocenters. The zero-order valence-corrected chi connectivity index (χ0v) is 20.8. The molecule has 0 amide bonds. The summed E-state index contributed by atoms with van der Waals surface area (Å²) in [5, 5.41) is 3.52. The van der Waals surface area contributed by atoms with Crippen molar-refractivity contribution in [3.8, 4) is 0 Å². The molecular formula is C23H36IN3O4. The van der Waals surface area contributed by atoms with Gasteiger partial charge in [0.1, 0.15) is 6.10 Å². The molecule has 0 radical (unpaired) electrons. The van der Waals surface area contributed by atoms with E-state index in [2.05, 4.69) is 39.5 Å². The Morgan fingerprint density at radius 1 is 1.10 bits per heavy atom. The average molecular weight is 545 g/mol. The number of hydrogen-bond acceptors (Lipinski definition) is 5. The van der Waals surface area contributed by atoms with E-state index < -0.39 is 0 Å². The number of nitrogens with one attached hydrogen (secondary N) is 1. The van der Waals surface area contributed by atoms with Gasteiger partial charge in [-0.05, 0) is 36.8 Å². The second-order valence-electron chi connectivity index (χ2n) is 8.25. The number of aliphatic imine (C=N–C) groups is 1. The van der Waals surface area contributed by atoms with Crippen LogP contribution < -0.4 is 5.32 Å². The van der Waals surface area contributed by atoms with E-state index in [-0.39, 0.29) is 36.2 Å². The smallest absolute Gasteiger partial charge is 0.194 e. The molecule has 1 aromatic rings. The molecule has 1 N–H and O–H groups in total.